The Morgan fingerprint density at radius 2 is 1.67 bits per heavy atom. The van der Waals surface area contributed by atoms with E-state index in [0.717, 1.165) is 15.9 Å². The molecule has 0 fully saturated rings. The number of hydrogen-bond donors (Lipinski definition) is 1. The van der Waals surface area contributed by atoms with E-state index in [-0.39, 0.29) is 17.4 Å². The summed E-state index contributed by atoms with van der Waals surface area (Å²) >= 11 is 7.44. The van der Waals surface area contributed by atoms with Crippen molar-refractivity contribution in [2.75, 3.05) is 11.1 Å². The SMILES string of the molecule is O=C(CSc1ccc2ccccc2n1)Nc1ccc(Cl)cc1C(=O)c1ccccc1. The highest BCUT2D eigenvalue weighted by Gasteiger charge is 2.16. The molecule has 3 aromatic carbocycles. The van der Waals surface area contributed by atoms with E-state index in [1.165, 1.54) is 11.8 Å². The van der Waals surface area contributed by atoms with E-state index in [0.29, 0.717) is 21.8 Å². The van der Waals surface area contributed by atoms with Crippen LogP contribution in [-0.2, 0) is 4.79 Å². The Kier molecular flexibility index (Phi) is 6.12. The molecule has 0 aliphatic carbocycles. The van der Waals surface area contributed by atoms with E-state index < -0.39 is 0 Å². The van der Waals surface area contributed by atoms with E-state index in [1.807, 2.05) is 42.5 Å². The number of benzene rings is 3. The maximum absolute atomic E-state index is 12.9. The number of halogens is 1. The van der Waals surface area contributed by atoms with E-state index in [2.05, 4.69) is 10.3 Å². The van der Waals surface area contributed by atoms with Crippen LogP contribution >= 0.6 is 23.4 Å². The number of para-hydroxylation sites is 1. The summed E-state index contributed by atoms with van der Waals surface area (Å²) < 4.78 is 0. The minimum absolute atomic E-state index is 0.174. The normalized spacial score (nSPS) is 10.7. The van der Waals surface area contributed by atoms with Gasteiger partial charge in [-0.05, 0) is 30.3 Å². The summed E-state index contributed by atoms with van der Waals surface area (Å²) in [4.78, 5) is 30.0. The van der Waals surface area contributed by atoms with Gasteiger partial charge in [0.25, 0.3) is 0 Å². The highest BCUT2D eigenvalue weighted by Crippen LogP contribution is 2.25. The van der Waals surface area contributed by atoms with Gasteiger partial charge in [-0.3, -0.25) is 9.59 Å². The summed E-state index contributed by atoms with van der Waals surface area (Å²) in [5, 5.41) is 5.08. The number of nitrogens with zero attached hydrogens (tertiary/aromatic N) is 1. The van der Waals surface area contributed by atoms with Crippen molar-refractivity contribution in [2.45, 2.75) is 5.03 Å². The Balaban J connectivity index is 1.48. The molecule has 1 aromatic heterocycles. The van der Waals surface area contributed by atoms with Crippen molar-refractivity contribution in [3.8, 4) is 0 Å². The first-order valence-corrected chi connectivity index (χ1v) is 10.6. The summed E-state index contributed by atoms with van der Waals surface area (Å²) in [5.74, 6) is -0.246. The van der Waals surface area contributed by atoms with Crippen LogP contribution in [0, 0.1) is 0 Å². The van der Waals surface area contributed by atoms with Crippen LogP contribution in [0.5, 0.6) is 0 Å². The van der Waals surface area contributed by atoms with Gasteiger partial charge in [0.2, 0.25) is 5.91 Å². The van der Waals surface area contributed by atoms with Gasteiger partial charge in [0, 0.05) is 21.5 Å². The predicted molar refractivity (Wildman–Crippen MR) is 122 cm³/mol. The monoisotopic (exact) mass is 432 g/mol. The van der Waals surface area contributed by atoms with Crippen molar-refractivity contribution in [1.82, 2.24) is 4.98 Å². The molecule has 1 heterocycles. The van der Waals surface area contributed by atoms with Crippen molar-refractivity contribution in [1.29, 1.82) is 0 Å². The molecular weight excluding hydrogens is 416 g/mol. The molecule has 0 spiro atoms. The van der Waals surface area contributed by atoms with Gasteiger partial charge in [-0.15, -0.1) is 0 Å². The molecule has 0 radical (unpaired) electrons. The van der Waals surface area contributed by atoms with Gasteiger partial charge in [-0.25, -0.2) is 4.98 Å². The lowest BCUT2D eigenvalue weighted by Crippen LogP contribution is -2.17. The van der Waals surface area contributed by atoms with Crippen LogP contribution in [0.15, 0.2) is 90.0 Å². The van der Waals surface area contributed by atoms with Gasteiger partial charge in [0.1, 0.15) is 0 Å². The van der Waals surface area contributed by atoms with Gasteiger partial charge in [0.05, 0.1) is 22.0 Å². The first kappa shape index (κ1) is 20.1. The topological polar surface area (TPSA) is 59.1 Å². The van der Waals surface area contributed by atoms with Gasteiger partial charge in [-0.1, -0.05) is 78.0 Å². The molecule has 4 nitrogen and oxygen atoms in total. The molecule has 0 atom stereocenters. The lowest BCUT2D eigenvalue weighted by Gasteiger charge is -2.11. The minimum atomic E-state index is -0.223. The number of amides is 1. The van der Waals surface area contributed by atoms with Gasteiger partial charge < -0.3 is 5.32 Å². The van der Waals surface area contributed by atoms with Crippen LogP contribution in [0.4, 0.5) is 5.69 Å². The summed E-state index contributed by atoms with van der Waals surface area (Å²) in [6, 6.07) is 25.5. The van der Waals surface area contributed by atoms with Crippen LogP contribution in [0.3, 0.4) is 0 Å². The average Bonchev–Trinajstić information content (AvgIpc) is 2.79. The summed E-state index contributed by atoms with van der Waals surface area (Å²) in [7, 11) is 0. The van der Waals surface area contributed by atoms with E-state index >= 15 is 0 Å². The van der Waals surface area contributed by atoms with Crippen LogP contribution < -0.4 is 5.32 Å². The van der Waals surface area contributed by atoms with Gasteiger partial charge in [0.15, 0.2) is 5.78 Å². The van der Waals surface area contributed by atoms with Crippen molar-refractivity contribution in [3.63, 3.8) is 0 Å². The molecule has 1 amide bonds. The molecule has 0 saturated carbocycles. The van der Waals surface area contributed by atoms with Crippen molar-refractivity contribution in [3.05, 3.63) is 101 Å². The number of rotatable bonds is 6. The van der Waals surface area contributed by atoms with Crippen LogP contribution in [0.1, 0.15) is 15.9 Å². The summed E-state index contributed by atoms with van der Waals surface area (Å²) in [5.41, 5.74) is 2.21. The van der Waals surface area contributed by atoms with E-state index in [9.17, 15) is 9.59 Å². The second-order valence-corrected chi connectivity index (χ2v) is 8.00. The van der Waals surface area contributed by atoms with Crippen LogP contribution in [-0.4, -0.2) is 22.4 Å². The second-order valence-electron chi connectivity index (χ2n) is 6.56. The second kappa shape index (κ2) is 9.11. The fourth-order valence-electron chi connectivity index (χ4n) is 3.01. The fourth-order valence-corrected chi connectivity index (χ4v) is 3.86. The molecule has 6 heteroatoms. The number of ketones is 1. The largest absolute Gasteiger partial charge is 0.325 e. The van der Waals surface area contributed by atoms with Crippen molar-refractivity contribution >= 4 is 51.6 Å². The van der Waals surface area contributed by atoms with E-state index in [4.69, 9.17) is 11.6 Å². The fraction of sp³-hybridized carbons (Fsp3) is 0.0417. The third-order valence-electron chi connectivity index (χ3n) is 4.46. The molecule has 148 valence electrons. The Morgan fingerprint density at radius 3 is 2.50 bits per heavy atom. The predicted octanol–water partition coefficient (Wildman–Crippen LogP) is 5.85. The van der Waals surface area contributed by atoms with E-state index in [1.54, 1.807) is 42.5 Å². The standard InChI is InChI=1S/C24H17ClN2O2S/c25-18-11-12-21(19(14-18)24(29)17-7-2-1-3-8-17)26-22(28)15-30-23-13-10-16-6-4-5-9-20(16)27-23/h1-14H,15H2,(H,26,28). The number of pyridine rings is 1. The van der Waals surface area contributed by atoms with Crippen LogP contribution in [0.25, 0.3) is 10.9 Å². The Morgan fingerprint density at radius 1 is 0.900 bits per heavy atom. The maximum atomic E-state index is 12.9. The van der Waals surface area contributed by atoms with Gasteiger partial charge >= 0.3 is 0 Å². The molecule has 30 heavy (non-hydrogen) atoms. The highest BCUT2D eigenvalue weighted by molar-refractivity contribution is 7.99. The summed E-state index contributed by atoms with van der Waals surface area (Å²) in [6.07, 6.45) is 0. The van der Waals surface area contributed by atoms with Crippen LogP contribution in [0.2, 0.25) is 5.02 Å². The number of fused-ring (bicyclic) bond motifs is 1. The first-order valence-electron chi connectivity index (χ1n) is 9.28. The quantitative estimate of drug-likeness (QED) is 0.306. The summed E-state index contributed by atoms with van der Waals surface area (Å²) in [6.45, 7) is 0. The Bertz CT molecular complexity index is 1230. The molecule has 4 aromatic rings. The Hall–Kier alpha value is -3.15. The number of carbonyl (C=O) groups is 2. The third-order valence-corrected chi connectivity index (χ3v) is 5.63. The molecule has 1 N–H and O–H groups in total. The minimum Gasteiger partial charge on any atom is -0.325 e. The van der Waals surface area contributed by atoms with Gasteiger partial charge in [-0.2, -0.15) is 0 Å². The first-order chi connectivity index (χ1) is 14.6. The smallest absolute Gasteiger partial charge is 0.234 e. The molecule has 0 bridgehead atoms. The number of hydrogen-bond acceptors (Lipinski definition) is 4. The lowest BCUT2D eigenvalue weighted by atomic mass is 10.0. The number of carbonyl (C=O) groups excluding carboxylic acids is 2. The van der Waals surface area contributed by atoms with Crippen molar-refractivity contribution in [2.24, 2.45) is 0 Å². The zero-order valence-corrected chi connectivity index (χ0v) is 17.4. The number of aromatic nitrogens is 1. The number of nitrogens with one attached hydrogen (secondary N) is 1. The molecule has 4 rings (SSSR count). The zero-order chi connectivity index (χ0) is 20.9. The molecule has 0 aliphatic heterocycles. The molecule has 0 aliphatic rings. The number of thioether (sulfide) groups is 1. The zero-order valence-electron chi connectivity index (χ0n) is 15.8. The third kappa shape index (κ3) is 4.70. The molecule has 0 saturated heterocycles. The number of anilines is 1. The average molecular weight is 433 g/mol. The molecule has 0 unspecified atom stereocenters. The molecular formula is C24H17ClN2O2S. The lowest BCUT2D eigenvalue weighted by molar-refractivity contribution is -0.113. The van der Waals surface area contributed by atoms with Crippen molar-refractivity contribution < 1.29 is 9.59 Å². The maximum Gasteiger partial charge on any atom is 0.234 e. The Labute approximate surface area is 183 Å². The highest BCUT2D eigenvalue weighted by atomic mass is 35.5.